The maximum Gasteiger partial charge on any atom is 0.227 e. The van der Waals surface area contributed by atoms with Gasteiger partial charge < -0.3 is 10.2 Å². The molecule has 2 amide bonds. The van der Waals surface area contributed by atoms with Gasteiger partial charge in [0.1, 0.15) is 5.82 Å². The molecule has 1 saturated heterocycles. The largest absolute Gasteiger partial charge is 0.352 e. The number of amides is 2. The standard InChI is InChI=1S/C18H16BrFN2O2/c19-14-5-3-6-15(9-14)22-11-13(8-17(22)23)18(24)21-10-12-4-1-2-7-16(12)20/h1-7,9,13H,8,10-11H2,(H,21,24). The van der Waals surface area contributed by atoms with Crippen molar-refractivity contribution in [2.75, 3.05) is 11.4 Å². The normalized spacial score (nSPS) is 17.2. The monoisotopic (exact) mass is 390 g/mol. The number of carbonyl (C=O) groups is 2. The molecule has 0 radical (unpaired) electrons. The molecule has 6 heteroatoms. The van der Waals surface area contributed by atoms with Crippen molar-refractivity contribution < 1.29 is 14.0 Å². The maximum atomic E-state index is 13.6. The minimum Gasteiger partial charge on any atom is -0.352 e. The molecule has 0 bridgehead atoms. The van der Waals surface area contributed by atoms with E-state index in [1.807, 2.05) is 24.3 Å². The van der Waals surface area contributed by atoms with Gasteiger partial charge in [-0.2, -0.15) is 0 Å². The molecule has 1 atom stereocenters. The van der Waals surface area contributed by atoms with Crippen molar-refractivity contribution in [2.45, 2.75) is 13.0 Å². The lowest BCUT2D eigenvalue weighted by atomic mass is 10.1. The number of anilines is 1. The van der Waals surface area contributed by atoms with Gasteiger partial charge in [-0.1, -0.05) is 40.2 Å². The summed E-state index contributed by atoms with van der Waals surface area (Å²) in [5.41, 5.74) is 1.19. The van der Waals surface area contributed by atoms with Crippen LogP contribution in [-0.4, -0.2) is 18.4 Å². The Morgan fingerprint density at radius 2 is 2.04 bits per heavy atom. The first-order chi connectivity index (χ1) is 11.5. The van der Waals surface area contributed by atoms with Crippen molar-refractivity contribution in [1.29, 1.82) is 0 Å². The Kier molecular flexibility index (Phi) is 4.94. The van der Waals surface area contributed by atoms with Gasteiger partial charge >= 0.3 is 0 Å². The fraction of sp³-hybridized carbons (Fsp3) is 0.222. The smallest absolute Gasteiger partial charge is 0.227 e. The Hall–Kier alpha value is -2.21. The van der Waals surface area contributed by atoms with E-state index >= 15 is 0 Å². The highest BCUT2D eigenvalue weighted by Crippen LogP contribution is 2.27. The van der Waals surface area contributed by atoms with Gasteiger partial charge in [-0.3, -0.25) is 9.59 Å². The van der Waals surface area contributed by atoms with Crippen LogP contribution in [0.4, 0.5) is 10.1 Å². The Morgan fingerprint density at radius 1 is 1.25 bits per heavy atom. The van der Waals surface area contributed by atoms with Crippen LogP contribution < -0.4 is 10.2 Å². The van der Waals surface area contributed by atoms with Gasteiger partial charge in [-0.05, 0) is 24.3 Å². The van der Waals surface area contributed by atoms with E-state index in [1.165, 1.54) is 6.07 Å². The molecule has 1 fully saturated rings. The summed E-state index contributed by atoms with van der Waals surface area (Å²) < 4.78 is 14.5. The van der Waals surface area contributed by atoms with E-state index in [4.69, 9.17) is 0 Å². The average molecular weight is 391 g/mol. The fourth-order valence-electron chi connectivity index (χ4n) is 2.75. The van der Waals surface area contributed by atoms with Gasteiger partial charge in [0.2, 0.25) is 11.8 Å². The lowest BCUT2D eigenvalue weighted by Gasteiger charge is -2.17. The minimum absolute atomic E-state index is 0.0841. The van der Waals surface area contributed by atoms with Crippen LogP contribution in [0.15, 0.2) is 53.0 Å². The Morgan fingerprint density at radius 3 is 2.79 bits per heavy atom. The Bertz CT molecular complexity index is 781. The average Bonchev–Trinajstić information content (AvgIpc) is 2.96. The molecular formula is C18H16BrFN2O2. The van der Waals surface area contributed by atoms with Crippen molar-refractivity contribution in [2.24, 2.45) is 5.92 Å². The third-order valence-electron chi connectivity index (χ3n) is 4.03. The molecular weight excluding hydrogens is 375 g/mol. The lowest BCUT2D eigenvalue weighted by molar-refractivity contribution is -0.126. The summed E-state index contributed by atoms with van der Waals surface area (Å²) in [5, 5.41) is 2.72. The van der Waals surface area contributed by atoms with Crippen LogP contribution in [0.25, 0.3) is 0 Å². The molecule has 2 aromatic rings. The molecule has 1 unspecified atom stereocenters. The predicted molar refractivity (Wildman–Crippen MR) is 92.8 cm³/mol. The van der Waals surface area contributed by atoms with E-state index in [9.17, 15) is 14.0 Å². The number of nitrogens with one attached hydrogen (secondary N) is 1. The van der Waals surface area contributed by atoms with Crippen LogP contribution in [0, 0.1) is 11.7 Å². The number of benzene rings is 2. The Labute approximate surface area is 147 Å². The van der Waals surface area contributed by atoms with Gasteiger partial charge in [0.25, 0.3) is 0 Å². The zero-order chi connectivity index (χ0) is 17.1. The summed E-state index contributed by atoms with van der Waals surface area (Å²) in [6.45, 7) is 0.450. The third-order valence-corrected chi connectivity index (χ3v) is 4.52. The molecule has 1 heterocycles. The molecule has 0 aliphatic carbocycles. The summed E-state index contributed by atoms with van der Waals surface area (Å²) >= 11 is 3.38. The number of carbonyl (C=O) groups excluding carboxylic acids is 2. The molecule has 3 rings (SSSR count). The number of halogens is 2. The molecule has 0 spiro atoms. The second kappa shape index (κ2) is 7.13. The van der Waals surface area contributed by atoms with Crippen molar-refractivity contribution in [3.8, 4) is 0 Å². The molecule has 0 aromatic heterocycles. The molecule has 4 nitrogen and oxygen atoms in total. The van der Waals surface area contributed by atoms with Gasteiger partial charge in [0, 0.05) is 35.2 Å². The van der Waals surface area contributed by atoms with Gasteiger partial charge in [0.15, 0.2) is 0 Å². The maximum absolute atomic E-state index is 13.6. The van der Waals surface area contributed by atoms with Crippen molar-refractivity contribution in [3.63, 3.8) is 0 Å². The van der Waals surface area contributed by atoms with Crippen LogP contribution in [0.1, 0.15) is 12.0 Å². The van der Waals surface area contributed by atoms with Crippen molar-refractivity contribution in [3.05, 3.63) is 64.4 Å². The van der Waals surface area contributed by atoms with E-state index in [1.54, 1.807) is 23.1 Å². The second-order valence-electron chi connectivity index (χ2n) is 5.69. The second-order valence-corrected chi connectivity index (χ2v) is 6.61. The SMILES string of the molecule is O=C(NCc1ccccc1F)C1CC(=O)N(c2cccc(Br)c2)C1. The van der Waals surface area contributed by atoms with Crippen molar-refractivity contribution in [1.82, 2.24) is 5.32 Å². The summed E-state index contributed by atoms with van der Waals surface area (Å²) in [6, 6.07) is 13.7. The fourth-order valence-corrected chi connectivity index (χ4v) is 3.13. The summed E-state index contributed by atoms with van der Waals surface area (Å²) in [6.07, 6.45) is 0.162. The highest BCUT2D eigenvalue weighted by Gasteiger charge is 2.35. The topological polar surface area (TPSA) is 49.4 Å². The highest BCUT2D eigenvalue weighted by atomic mass is 79.9. The third kappa shape index (κ3) is 3.64. The van der Waals surface area contributed by atoms with Crippen LogP contribution in [0.3, 0.4) is 0 Å². The van der Waals surface area contributed by atoms with Crippen LogP contribution >= 0.6 is 15.9 Å². The van der Waals surface area contributed by atoms with E-state index in [0.29, 0.717) is 12.1 Å². The first-order valence-electron chi connectivity index (χ1n) is 7.61. The first kappa shape index (κ1) is 16.6. The number of hydrogen-bond acceptors (Lipinski definition) is 2. The predicted octanol–water partition coefficient (Wildman–Crippen LogP) is 3.26. The molecule has 0 saturated carbocycles. The van der Waals surface area contributed by atoms with E-state index < -0.39 is 5.92 Å². The van der Waals surface area contributed by atoms with Crippen LogP contribution in [0.2, 0.25) is 0 Å². The molecule has 1 aliphatic heterocycles. The van der Waals surface area contributed by atoms with Crippen molar-refractivity contribution >= 4 is 33.4 Å². The molecule has 24 heavy (non-hydrogen) atoms. The van der Waals surface area contributed by atoms with E-state index in [0.717, 1.165) is 10.2 Å². The number of hydrogen-bond donors (Lipinski definition) is 1. The Balaban J connectivity index is 1.63. The van der Waals surface area contributed by atoms with Gasteiger partial charge in [0.05, 0.1) is 5.92 Å². The lowest BCUT2D eigenvalue weighted by Crippen LogP contribution is -2.32. The minimum atomic E-state index is -0.428. The zero-order valence-corrected chi connectivity index (χ0v) is 14.4. The van der Waals surface area contributed by atoms with Crippen LogP contribution in [0.5, 0.6) is 0 Å². The molecule has 1 N–H and O–H groups in total. The highest BCUT2D eigenvalue weighted by molar-refractivity contribution is 9.10. The molecule has 2 aromatic carbocycles. The van der Waals surface area contributed by atoms with Gasteiger partial charge in [-0.25, -0.2) is 4.39 Å². The summed E-state index contributed by atoms with van der Waals surface area (Å²) in [4.78, 5) is 26.1. The quantitative estimate of drug-likeness (QED) is 0.870. The van der Waals surface area contributed by atoms with E-state index in [-0.39, 0.29) is 30.6 Å². The first-order valence-corrected chi connectivity index (χ1v) is 8.41. The van der Waals surface area contributed by atoms with E-state index in [2.05, 4.69) is 21.2 Å². The summed E-state index contributed by atoms with van der Waals surface area (Å²) in [7, 11) is 0. The van der Waals surface area contributed by atoms with Crippen LogP contribution in [-0.2, 0) is 16.1 Å². The zero-order valence-electron chi connectivity index (χ0n) is 12.8. The molecule has 1 aliphatic rings. The summed E-state index contributed by atoms with van der Waals surface area (Å²) in [5.74, 6) is -1.09. The number of rotatable bonds is 4. The number of nitrogens with zero attached hydrogens (tertiary/aromatic N) is 1. The van der Waals surface area contributed by atoms with Gasteiger partial charge in [-0.15, -0.1) is 0 Å². The molecule has 124 valence electrons.